The highest BCUT2D eigenvalue weighted by atomic mass is 16.2. The zero-order valence-electron chi connectivity index (χ0n) is 7.55. The van der Waals surface area contributed by atoms with E-state index in [0.29, 0.717) is 11.9 Å². The van der Waals surface area contributed by atoms with Crippen LogP contribution in [0.1, 0.15) is 19.3 Å². The third-order valence-electron chi connectivity index (χ3n) is 3.11. The van der Waals surface area contributed by atoms with Crippen LogP contribution in [0.4, 0.5) is 0 Å². The molecule has 2 bridgehead atoms. The van der Waals surface area contributed by atoms with Crippen LogP contribution in [0.2, 0.25) is 0 Å². The predicted octanol–water partition coefficient (Wildman–Crippen LogP) is 0.217. The van der Waals surface area contributed by atoms with Crippen LogP contribution < -0.4 is 5.32 Å². The summed E-state index contributed by atoms with van der Waals surface area (Å²) in [6.45, 7) is 1.87. The quantitative estimate of drug-likeness (QED) is 0.561. The van der Waals surface area contributed by atoms with Crippen LogP contribution in [0.5, 0.6) is 0 Å². The minimum absolute atomic E-state index is 0.252. The molecule has 0 radical (unpaired) electrons. The third-order valence-corrected chi connectivity index (χ3v) is 3.11. The summed E-state index contributed by atoms with van der Waals surface area (Å²) >= 11 is 0. The highest BCUT2D eigenvalue weighted by molar-refractivity contribution is 5.79. The Hall–Kier alpha value is -0.570. The average Bonchev–Trinajstić information content (AvgIpc) is 2.19. The van der Waals surface area contributed by atoms with E-state index in [4.69, 9.17) is 0 Å². The van der Waals surface area contributed by atoms with E-state index in [1.54, 1.807) is 0 Å². The Morgan fingerprint density at radius 3 is 3.08 bits per heavy atom. The van der Waals surface area contributed by atoms with Gasteiger partial charge in [-0.3, -0.25) is 4.79 Å². The fraction of sp³-hybridized carbons (Fsp3) is 0.889. The van der Waals surface area contributed by atoms with E-state index in [1.807, 2.05) is 11.9 Å². The largest absolute Gasteiger partial charge is 0.341 e. The summed E-state index contributed by atoms with van der Waals surface area (Å²) in [5, 5.41) is 3.35. The first kappa shape index (κ1) is 8.05. The molecule has 0 aromatic rings. The highest BCUT2D eigenvalue weighted by Gasteiger charge is 2.32. The number of nitrogens with one attached hydrogen (secondary N) is 1. The zero-order valence-corrected chi connectivity index (χ0v) is 7.55. The molecule has 0 unspecified atom stereocenters. The van der Waals surface area contributed by atoms with Gasteiger partial charge in [-0.25, -0.2) is 0 Å². The first-order chi connectivity index (χ1) is 5.79. The number of hydrogen-bond donors (Lipinski definition) is 1. The Bertz CT molecular complexity index is 179. The van der Waals surface area contributed by atoms with E-state index in [9.17, 15) is 4.79 Å². The number of amides is 1. The molecule has 1 amide bonds. The molecule has 3 nitrogen and oxygen atoms in total. The number of nitrogens with zero attached hydrogens (tertiary/aromatic N) is 1. The Morgan fingerprint density at radius 2 is 2.25 bits per heavy atom. The number of hydrogen-bond acceptors (Lipinski definition) is 2. The summed E-state index contributed by atoms with van der Waals surface area (Å²) < 4.78 is 0. The lowest BCUT2D eigenvalue weighted by Gasteiger charge is -2.24. The van der Waals surface area contributed by atoms with Gasteiger partial charge in [-0.2, -0.15) is 0 Å². The molecule has 2 fully saturated rings. The Kier molecular flexibility index (Phi) is 2.05. The van der Waals surface area contributed by atoms with E-state index in [1.165, 1.54) is 12.8 Å². The molecular formula is C9H16N2O. The Morgan fingerprint density at radius 1 is 1.42 bits per heavy atom. The van der Waals surface area contributed by atoms with Crippen molar-refractivity contribution >= 4 is 5.91 Å². The van der Waals surface area contributed by atoms with Gasteiger partial charge in [0.1, 0.15) is 0 Å². The molecule has 2 saturated heterocycles. The van der Waals surface area contributed by atoms with Crippen LogP contribution in [0.25, 0.3) is 0 Å². The second-order valence-electron chi connectivity index (χ2n) is 3.89. The van der Waals surface area contributed by atoms with E-state index in [-0.39, 0.29) is 5.92 Å². The van der Waals surface area contributed by atoms with Gasteiger partial charge in [0.05, 0.1) is 5.92 Å². The maximum absolute atomic E-state index is 11.7. The van der Waals surface area contributed by atoms with Crippen molar-refractivity contribution in [2.45, 2.75) is 25.3 Å². The molecule has 0 aromatic carbocycles. The average molecular weight is 168 g/mol. The SMILES string of the molecule is CN1C(=O)[C@@H]2CCC[C@@H]1CNC2. The summed E-state index contributed by atoms with van der Waals surface area (Å²) in [6, 6.07) is 0.449. The van der Waals surface area contributed by atoms with Crippen LogP contribution in [0.15, 0.2) is 0 Å². The van der Waals surface area contributed by atoms with Gasteiger partial charge in [0.25, 0.3) is 0 Å². The lowest BCUT2D eigenvalue weighted by atomic mass is 10.0. The van der Waals surface area contributed by atoms with Crippen molar-refractivity contribution in [1.29, 1.82) is 0 Å². The van der Waals surface area contributed by atoms with Gasteiger partial charge < -0.3 is 10.2 Å². The molecule has 2 aliphatic heterocycles. The van der Waals surface area contributed by atoms with Crippen LogP contribution in [0.3, 0.4) is 0 Å². The molecular weight excluding hydrogens is 152 g/mol. The molecule has 2 atom stereocenters. The van der Waals surface area contributed by atoms with Crippen molar-refractivity contribution in [1.82, 2.24) is 10.2 Å². The van der Waals surface area contributed by atoms with E-state index >= 15 is 0 Å². The van der Waals surface area contributed by atoms with Gasteiger partial charge >= 0.3 is 0 Å². The highest BCUT2D eigenvalue weighted by Crippen LogP contribution is 2.22. The number of likely N-dealkylation sites (N-methyl/N-ethyl adjacent to an activating group) is 1. The third kappa shape index (κ3) is 1.22. The van der Waals surface area contributed by atoms with Crippen molar-refractivity contribution in [3.05, 3.63) is 0 Å². The number of rotatable bonds is 0. The zero-order chi connectivity index (χ0) is 8.55. The summed E-state index contributed by atoms with van der Waals surface area (Å²) in [5.74, 6) is 0.602. The second kappa shape index (κ2) is 3.05. The van der Waals surface area contributed by atoms with Crippen molar-refractivity contribution in [3.8, 4) is 0 Å². The number of carbonyl (C=O) groups is 1. The Balaban J connectivity index is 2.22. The minimum Gasteiger partial charge on any atom is -0.341 e. The van der Waals surface area contributed by atoms with E-state index in [2.05, 4.69) is 5.32 Å². The van der Waals surface area contributed by atoms with Crippen LogP contribution in [-0.2, 0) is 4.79 Å². The topological polar surface area (TPSA) is 32.3 Å². The number of carbonyl (C=O) groups excluding carboxylic acids is 1. The molecule has 1 N–H and O–H groups in total. The predicted molar refractivity (Wildman–Crippen MR) is 46.8 cm³/mol. The first-order valence-electron chi connectivity index (χ1n) is 4.76. The number of fused-ring (bicyclic) bond motifs is 3. The lowest BCUT2D eigenvalue weighted by molar-refractivity contribution is -0.134. The van der Waals surface area contributed by atoms with Crippen molar-refractivity contribution in [2.24, 2.45) is 5.92 Å². The van der Waals surface area contributed by atoms with Gasteiger partial charge in [0, 0.05) is 26.2 Å². The van der Waals surface area contributed by atoms with Crippen LogP contribution >= 0.6 is 0 Å². The summed E-state index contributed by atoms with van der Waals surface area (Å²) in [5.41, 5.74) is 0. The second-order valence-corrected chi connectivity index (χ2v) is 3.89. The first-order valence-corrected chi connectivity index (χ1v) is 4.76. The minimum atomic E-state index is 0.252. The van der Waals surface area contributed by atoms with Crippen LogP contribution in [-0.4, -0.2) is 37.0 Å². The summed E-state index contributed by atoms with van der Waals surface area (Å²) in [6.07, 6.45) is 3.46. The van der Waals surface area contributed by atoms with Gasteiger partial charge in [-0.05, 0) is 12.8 Å². The fourth-order valence-electron chi connectivity index (χ4n) is 2.24. The maximum Gasteiger partial charge on any atom is 0.226 e. The van der Waals surface area contributed by atoms with Gasteiger partial charge in [-0.1, -0.05) is 6.42 Å². The molecule has 0 aliphatic carbocycles. The molecule has 2 aliphatic rings. The molecule has 0 spiro atoms. The summed E-state index contributed by atoms with van der Waals surface area (Å²) in [7, 11) is 1.94. The van der Waals surface area contributed by atoms with Gasteiger partial charge in [0.15, 0.2) is 0 Å². The monoisotopic (exact) mass is 168 g/mol. The van der Waals surface area contributed by atoms with E-state index in [0.717, 1.165) is 19.5 Å². The molecule has 0 aromatic heterocycles. The molecule has 12 heavy (non-hydrogen) atoms. The van der Waals surface area contributed by atoms with Gasteiger partial charge in [0.2, 0.25) is 5.91 Å². The normalized spacial score (nSPS) is 36.4. The Labute approximate surface area is 73.1 Å². The van der Waals surface area contributed by atoms with Crippen molar-refractivity contribution in [2.75, 3.05) is 20.1 Å². The standard InChI is InChI=1S/C9H16N2O/c1-11-8-4-2-3-7(9(11)12)5-10-6-8/h7-8,10H,2-6H2,1H3/t7-,8-/m1/s1. The lowest BCUT2D eigenvalue weighted by Crippen LogP contribution is -2.39. The van der Waals surface area contributed by atoms with Crippen molar-refractivity contribution in [3.63, 3.8) is 0 Å². The fourth-order valence-corrected chi connectivity index (χ4v) is 2.24. The maximum atomic E-state index is 11.7. The van der Waals surface area contributed by atoms with Gasteiger partial charge in [-0.15, -0.1) is 0 Å². The van der Waals surface area contributed by atoms with Crippen LogP contribution in [0, 0.1) is 5.92 Å². The molecule has 2 rings (SSSR count). The molecule has 3 heteroatoms. The molecule has 2 heterocycles. The smallest absolute Gasteiger partial charge is 0.226 e. The summed E-state index contributed by atoms with van der Waals surface area (Å²) in [4.78, 5) is 13.7. The molecule has 68 valence electrons. The van der Waals surface area contributed by atoms with Crippen molar-refractivity contribution < 1.29 is 4.79 Å². The molecule has 0 saturated carbocycles. The van der Waals surface area contributed by atoms with E-state index < -0.39 is 0 Å².